The zero-order valence-electron chi connectivity index (χ0n) is 26.6. The highest BCUT2D eigenvalue weighted by atomic mass is 28.3. The molecule has 0 radical (unpaired) electrons. The average molecular weight is 609 g/mol. The van der Waals surface area contributed by atoms with Gasteiger partial charge < -0.3 is 0 Å². The van der Waals surface area contributed by atoms with Crippen molar-refractivity contribution >= 4 is 40.5 Å². The molecule has 0 saturated carbocycles. The van der Waals surface area contributed by atoms with Crippen LogP contribution in [-0.2, 0) is 24.2 Å². The third-order valence-electron chi connectivity index (χ3n) is 7.99. The molecule has 2 heterocycles. The normalized spacial score (nSPS) is 12.3. The molecule has 0 bridgehead atoms. The minimum atomic E-state index is -1.47. The largest absolute Gasteiger partial charge is 0.264 e. The smallest absolute Gasteiger partial charge is 0.0561 e. The van der Waals surface area contributed by atoms with Crippen LogP contribution >= 0.6 is 0 Å². The van der Waals surface area contributed by atoms with Gasteiger partial charge in [-0.2, -0.15) is 0 Å². The Morgan fingerprint density at radius 1 is 0.432 bits per heavy atom. The molecule has 0 aliphatic rings. The van der Waals surface area contributed by atoms with Gasteiger partial charge in [0.05, 0.1) is 16.1 Å². The molecule has 5 aromatic rings. The Balaban J connectivity index is 1.15. The van der Waals surface area contributed by atoms with Gasteiger partial charge in [-0.05, 0) is 58.6 Å². The first-order valence-electron chi connectivity index (χ1n) is 15.6. The maximum atomic E-state index is 4.19. The highest BCUT2D eigenvalue weighted by Crippen LogP contribution is 2.23. The summed E-state index contributed by atoms with van der Waals surface area (Å²) < 4.78 is 0. The molecule has 2 aromatic heterocycles. The van der Waals surface area contributed by atoms with Crippen LogP contribution in [0.5, 0.6) is 0 Å². The molecule has 222 valence electrons. The fraction of sp³-hybridized carbons (Fsp3) is 0.200. The van der Waals surface area contributed by atoms with E-state index in [1.165, 1.54) is 57.6 Å². The van der Waals surface area contributed by atoms with Crippen molar-refractivity contribution in [3.8, 4) is 0 Å². The predicted molar refractivity (Wildman–Crippen MR) is 195 cm³/mol. The maximum absolute atomic E-state index is 4.19. The third-order valence-corrected chi connectivity index (χ3v) is 13.4. The molecule has 0 unspecified atom stereocenters. The lowest BCUT2D eigenvalue weighted by Gasteiger charge is -2.25. The van der Waals surface area contributed by atoms with Gasteiger partial charge in [-0.1, -0.05) is 158 Å². The molecule has 0 fully saturated rings. The summed E-state index contributed by atoms with van der Waals surface area (Å²) in [5.41, 5.74) is 10.6. The summed E-state index contributed by atoms with van der Waals surface area (Å²) in [6.45, 7) is 10.1. The summed E-state index contributed by atoms with van der Waals surface area (Å²) in [6.07, 6.45) is 16.0. The minimum absolute atomic E-state index is 1.12. The fourth-order valence-corrected chi connectivity index (χ4v) is 11.6. The number of rotatable bonds is 12. The zero-order chi connectivity index (χ0) is 30.8. The molecule has 5 rings (SSSR count). The van der Waals surface area contributed by atoms with Crippen molar-refractivity contribution in [2.24, 2.45) is 0 Å². The highest BCUT2D eigenvalue weighted by Gasteiger charge is 2.24. The summed E-state index contributed by atoms with van der Waals surface area (Å²) in [6, 6.07) is 40.6. The van der Waals surface area contributed by atoms with E-state index >= 15 is 0 Å². The Kier molecular flexibility index (Phi) is 10.4. The van der Waals surface area contributed by atoms with E-state index in [0.717, 1.165) is 11.1 Å². The van der Waals surface area contributed by atoms with Crippen molar-refractivity contribution < 1.29 is 0 Å². The summed E-state index contributed by atoms with van der Waals surface area (Å²) in [7, 11) is -2.95. The lowest BCUT2D eigenvalue weighted by Crippen LogP contribution is -2.34. The predicted octanol–water partition coefficient (Wildman–Crippen LogP) is 9.96. The first-order valence-corrected chi connectivity index (χ1v) is 22.5. The fourth-order valence-electron chi connectivity index (χ4n) is 6.01. The van der Waals surface area contributed by atoms with Crippen molar-refractivity contribution in [3.63, 3.8) is 0 Å². The van der Waals surface area contributed by atoms with Crippen LogP contribution in [0.1, 0.15) is 44.5 Å². The number of hydrogen-bond acceptors (Lipinski definition) is 2. The van der Waals surface area contributed by atoms with E-state index in [1.54, 1.807) is 0 Å². The topological polar surface area (TPSA) is 25.8 Å². The second-order valence-electron chi connectivity index (χ2n) is 13.6. The number of hydrogen-bond donors (Lipinski definition) is 0. The van der Waals surface area contributed by atoms with E-state index in [-0.39, 0.29) is 0 Å². The summed E-state index contributed by atoms with van der Waals surface area (Å²) in [5, 5.41) is 0. The standard InChI is InChI=1S/C40H44N2Si2/c1-43(2,29-37-20-14-33(15-21-37)12-18-35-10-6-24-41-27-35)31-39-8-5-9-40(26-39)32-44(3,4)30-38-22-16-34(17-23-38)13-19-36-11-7-25-42-28-36/h5-28H,29-32H2,1-4H3/b18-12-,19-13-. The zero-order valence-corrected chi connectivity index (χ0v) is 28.6. The van der Waals surface area contributed by atoms with Crippen LogP contribution in [0.25, 0.3) is 24.3 Å². The monoisotopic (exact) mass is 608 g/mol. The lowest BCUT2D eigenvalue weighted by molar-refractivity contribution is 1.17. The number of nitrogens with zero attached hydrogens (tertiary/aromatic N) is 2. The van der Waals surface area contributed by atoms with E-state index in [1.807, 2.05) is 36.9 Å². The Bertz CT molecular complexity index is 1550. The molecule has 4 heteroatoms. The molecule has 3 aromatic carbocycles. The lowest BCUT2D eigenvalue weighted by atomic mass is 10.1. The quantitative estimate of drug-likeness (QED) is 0.132. The van der Waals surface area contributed by atoms with Crippen LogP contribution in [0.3, 0.4) is 0 Å². The molecule has 44 heavy (non-hydrogen) atoms. The summed E-state index contributed by atoms with van der Waals surface area (Å²) in [5.74, 6) is 0. The van der Waals surface area contributed by atoms with Gasteiger partial charge in [0.1, 0.15) is 0 Å². The van der Waals surface area contributed by atoms with Crippen molar-refractivity contribution in [1.29, 1.82) is 0 Å². The number of benzene rings is 3. The van der Waals surface area contributed by atoms with Gasteiger partial charge in [-0.3, -0.25) is 9.97 Å². The molecule has 0 N–H and O–H groups in total. The molecule has 0 saturated heterocycles. The van der Waals surface area contributed by atoms with Crippen molar-refractivity contribution in [1.82, 2.24) is 9.97 Å². The van der Waals surface area contributed by atoms with Crippen LogP contribution in [0, 0.1) is 0 Å². The van der Waals surface area contributed by atoms with Crippen molar-refractivity contribution in [2.45, 2.75) is 50.4 Å². The molecule has 0 aliphatic heterocycles. The van der Waals surface area contributed by atoms with E-state index < -0.39 is 16.1 Å². The van der Waals surface area contributed by atoms with Gasteiger partial charge in [0, 0.05) is 24.8 Å². The molecule has 2 nitrogen and oxygen atoms in total. The second-order valence-corrected chi connectivity index (χ2v) is 23.6. The van der Waals surface area contributed by atoms with Crippen LogP contribution in [-0.4, -0.2) is 26.1 Å². The van der Waals surface area contributed by atoms with E-state index in [0.29, 0.717) is 0 Å². The van der Waals surface area contributed by atoms with Gasteiger partial charge in [-0.25, -0.2) is 0 Å². The first kappa shape index (κ1) is 31.3. The Morgan fingerprint density at radius 3 is 1.20 bits per heavy atom. The van der Waals surface area contributed by atoms with Gasteiger partial charge >= 0.3 is 0 Å². The van der Waals surface area contributed by atoms with Crippen LogP contribution < -0.4 is 0 Å². The Hall–Kier alpha value is -4.13. The van der Waals surface area contributed by atoms with E-state index in [4.69, 9.17) is 0 Å². The van der Waals surface area contributed by atoms with Gasteiger partial charge in [0.15, 0.2) is 0 Å². The average Bonchev–Trinajstić information content (AvgIpc) is 3.01. The molecule has 0 spiro atoms. The van der Waals surface area contributed by atoms with Crippen molar-refractivity contribution in [3.05, 3.63) is 166 Å². The summed E-state index contributed by atoms with van der Waals surface area (Å²) >= 11 is 0. The second kappa shape index (κ2) is 14.6. The molecule has 0 atom stereocenters. The SMILES string of the molecule is C[Si](C)(Cc1ccc(/C=C\c2cccnc2)cc1)Cc1cccc(C[Si](C)(C)Cc2ccc(/C=C\c3cccnc3)cc2)c1. The maximum Gasteiger partial charge on any atom is 0.0561 e. The van der Waals surface area contributed by atoms with Crippen molar-refractivity contribution in [2.75, 3.05) is 0 Å². The first-order chi connectivity index (χ1) is 21.2. The highest BCUT2D eigenvalue weighted by molar-refractivity contribution is 6.76. The Labute approximate surface area is 266 Å². The van der Waals surface area contributed by atoms with Crippen LogP contribution in [0.2, 0.25) is 26.2 Å². The van der Waals surface area contributed by atoms with Crippen LogP contribution in [0.4, 0.5) is 0 Å². The van der Waals surface area contributed by atoms with Gasteiger partial charge in [0.25, 0.3) is 0 Å². The molecule has 0 aliphatic carbocycles. The van der Waals surface area contributed by atoms with Crippen LogP contribution in [0.15, 0.2) is 122 Å². The number of aromatic nitrogens is 2. The minimum Gasteiger partial charge on any atom is -0.264 e. The number of pyridine rings is 2. The van der Waals surface area contributed by atoms with Gasteiger partial charge in [-0.15, -0.1) is 0 Å². The van der Waals surface area contributed by atoms with E-state index in [9.17, 15) is 0 Å². The third kappa shape index (κ3) is 9.97. The van der Waals surface area contributed by atoms with Gasteiger partial charge in [0.2, 0.25) is 0 Å². The van der Waals surface area contributed by atoms with E-state index in [2.05, 4.69) is 145 Å². The summed E-state index contributed by atoms with van der Waals surface area (Å²) in [4.78, 5) is 8.39. The molecular weight excluding hydrogens is 565 g/mol. The molecule has 0 amide bonds. The molecular formula is C40H44N2Si2. The Morgan fingerprint density at radius 2 is 0.818 bits per heavy atom.